The summed E-state index contributed by atoms with van der Waals surface area (Å²) in [6, 6.07) is 14.4. The van der Waals surface area contributed by atoms with Crippen LogP contribution in [0.2, 0.25) is 0 Å². The van der Waals surface area contributed by atoms with Crippen molar-refractivity contribution in [2.75, 3.05) is 7.11 Å². The van der Waals surface area contributed by atoms with Crippen LogP contribution in [0.3, 0.4) is 0 Å². The van der Waals surface area contributed by atoms with Crippen LogP contribution < -0.4 is 4.74 Å². The van der Waals surface area contributed by atoms with Gasteiger partial charge in [0, 0.05) is 27.9 Å². The summed E-state index contributed by atoms with van der Waals surface area (Å²) in [6.07, 6.45) is 0. The van der Waals surface area contributed by atoms with Crippen molar-refractivity contribution < 1.29 is 9.53 Å². The van der Waals surface area contributed by atoms with Crippen molar-refractivity contribution in [1.29, 1.82) is 0 Å². The molecule has 0 N–H and O–H groups in total. The molecular formula is C21H20O2. The molecule has 23 heavy (non-hydrogen) atoms. The van der Waals surface area contributed by atoms with Crippen molar-refractivity contribution in [3.63, 3.8) is 0 Å². The molecule has 0 saturated heterocycles. The lowest BCUT2D eigenvalue weighted by atomic mass is 9.58. The van der Waals surface area contributed by atoms with Crippen LogP contribution in [0.5, 0.6) is 5.75 Å². The minimum absolute atomic E-state index is 0.0358. The zero-order valence-electron chi connectivity index (χ0n) is 13.9. The summed E-state index contributed by atoms with van der Waals surface area (Å²) in [5.41, 5.74) is 4.00. The number of rotatable bonds is 1. The molecule has 0 aliphatic heterocycles. The molecule has 2 aromatic carbocycles. The number of methoxy groups -OCH3 is 1. The van der Waals surface area contributed by atoms with Gasteiger partial charge in [0.2, 0.25) is 0 Å². The molecule has 2 aromatic rings. The lowest BCUT2D eigenvalue weighted by Gasteiger charge is -2.43. The number of fused-ring (bicyclic) bond motifs is 6. The number of hydrogen-bond donors (Lipinski definition) is 0. The maximum atomic E-state index is 13.6. The molecule has 3 aliphatic rings. The first-order valence-corrected chi connectivity index (χ1v) is 8.25. The van der Waals surface area contributed by atoms with Gasteiger partial charge in [-0.25, -0.2) is 0 Å². The average Bonchev–Trinajstić information content (AvgIpc) is 3.01. The van der Waals surface area contributed by atoms with Crippen molar-refractivity contribution in [3.8, 4) is 5.75 Å². The van der Waals surface area contributed by atoms with E-state index >= 15 is 0 Å². The Morgan fingerprint density at radius 1 is 1.00 bits per heavy atom. The average molecular weight is 304 g/mol. The Morgan fingerprint density at radius 3 is 2.48 bits per heavy atom. The van der Waals surface area contributed by atoms with E-state index in [1.807, 2.05) is 18.2 Å². The highest BCUT2D eigenvalue weighted by atomic mass is 16.5. The molecule has 0 radical (unpaired) electrons. The number of hydrogen-bond acceptors (Lipinski definition) is 2. The second-order valence-corrected chi connectivity index (χ2v) is 7.76. The van der Waals surface area contributed by atoms with Crippen LogP contribution in [0.25, 0.3) is 0 Å². The molecular weight excluding hydrogens is 284 g/mol. The van der Waals surface area contributed by atoms with Crippen LogP contribution in [0.1, 0.15) is 53.7 Å². The Morgan fingerprint density at radius 2 is 1.74 bits per heavy atom. The van der Waals surface area contributed by atoms with Gasteiger partial charge in [-0.05, 0) is 24.1 Å². The van der Waals surface area contributed by atoms with Gasteiger partial charge in [0.05, 0.1) is 12.5 Å². The minimum atomic E-state index is -0.442. The summed E-state index contributed by atoms with van der Waals surface area (Å²) in [4.78, 5) is 13.6. The van der Waals surface area contributed by atoms with Gasteiger partial charge in [-0.2, -0.15) is 0 Å². The number of ketones is 1. The number of carbonyl (C=O) groups excluding carboxylic acids is 1. The predicted octanol–water partition coefficient (Wildman–Crippen LogP) is 4.22. The van der Waals surface area contributed by atoms with E-state index in [4.69, 9.17) is 4.74 Å². The van der Waals surface area contributed by atoms with Gasteiger partial charge < -0.3 is 4.74 Å². The highest BCUT2D eigenvalue weighted by molar-refractivity contribution is 6.11. The van der Waals surface area contributed by atoms with E-state index in [0.717, 1.165) is 16.9 Å². The number of carbonyl (C=O) groups is 1. The van der Waals surface area contributed by atoms with Gasteiger partial charge in [-0.1, -0.05) is 50.2 Å². The van der Waals surface area contributed by atoms with E-state index < -0.39 is 5.41 Å². The fraction of sp³-hybridized carbons (Fsp3) is 0.381. The van der Waals surface area contributed by atoms with Gasteiger partial charge in [0.25, 0.3) is 0 Å². The largest absolute Gasteiger partial charge is 0.496 e. The summed E-state index contributed by atoms with van der Waals surface area (Å²) in [7, 11) is 1.70. The van der Waals surface area contributed by atoms with Crippen molar-refractivity contribution in [3.05, 3.63) is 64.7 Å². The van der Waals surface area contributed by atoms with E-state index in [1.54, 1.807) is 7.11 Å². The van der Waals surface area contributed by atoms with Crippen LogP contribution in [-0.2, 0) is 10.8 Å². The van der Waals surface area contributed by atoms with E-state index in [0.29, 0.717) is 5.92 Å². The third-order valence-corrected chi connectivity index (χ3v) is 7.46. The molecule has 116 valence electrons. The van der Waals surface area contributed by atoms with E-state index in [-0.39, 0.29) is 16.6 Å². The third kappa shape index (κ3) is 1.03. The van der Waals surface area contributed by atoms with Gasteiger partial charge in [-0.3, -0.25) is 4.79 Å². The quantitative estimate of drug-likeness (QED) is 0.788. The van der Waals surface area contributed by atoms with Crippen LogP contribution in [-0.4, -0.2) is 12.9 Å². The zero-order valence-corrected chi connectivity index (χ0v) is 13.9. The molecule has 5 rings (SSSR count). The Balaban J connectivity index is 1.93. The minimum Gasteiger partial charge on any atom is -0.496 e. The number of Topliss-reactive ketones (excluding diaryl/α,β-unsaturated/α-hetero) is 1. The highest BCUT2D eigenvalue weighted by Crippen LogP contribution is 2.87. The number of ether oxygens (including phenoxy) is 1. The number of benzene rings is 2. The Labute approximate surface area is 136 Å². The lowest BCUT2D eigenvalue weighted by Crippen LogP contribution is -2.47. The Hall–Kier alpha value is -2.09. The molecule has 0 bridgehead atoms. The van der Waals surface area contributed by atoms with Gasteiger partial charge in [0.1, 0.15) is 5.75 Å². The molecule has 0 heterocycles. The van der Waals surface area contributed by atoms with Crippen molar-refractivity contribution in [2.45, 2.75) is 37.5 Å². The van der Waals surface area contributed by atoms with Crippen molar-refractivity contribution >= 4 is 5.78 Å². The second-order valence-electron chi connectivity index (χ2n) is 7.76. The maximum absolute atomic E-state index is 13.6. The topological polar surface area (TPSA) is 26.3 Å². The Kier molecular flexibility index (Phi) is 2.05. The molecule has 0 unspecified atom stereocenters. The Bertz CT molecular complexity index is 898. The first-order valence-electron chi connectivity index (χ1n) is 8.25. The monoisotopic (exact) mass is 304 g/mol. The summed E-state index contributed by atoms with van der Waals surface area (Å²) in [6.45, 7) is 6.77. The van der Waals surface area contributed by atoms with Crippen molar-refractivity contribution in [2.24, 2.45) is 5.41 Å². The van der Waals surface area contributed by atoms with Gasteiger partial charge >= 0.3 is 0 Å². The lowest BCUT2D eigenvalue weighted by molar-refractivity contribution is 0.0792. The molecule has 0 amide bonds. The van der Waals surface area contributed by atoms with Gasteiger partial charge in [-0.15, -0.1) is 0 Å². The van der Waals surface area contributed by atoms with Crippen molar-refractivity contribution in [1.82, 2.24) is 0 Å². The van der Waals surface area contributed by atoms with Gasteiger partial charge in [0.15, 0.2) is 5.78 Å². The summed E-state index contributed by atoms with van der Waals surface area (Å²) in [5, 5.41) is 0. The highest BCUT2D eigenvalue weighted by Gasteiger charge is 2.86. The first-order chi connectivity index (χ1) is 10.9. The van der Waals surface area contributed by atoms with Crippen LogP contribution in [0.4, 0.5) is 0 Å². The second kappa shape index (κ2) is 3.53. The van der Waals surface area contributed by atoms with Crippen LogP contribution in [0.15, 0.2) is 42.5 Å². The molecule has 3 aliphatic carbocycles. The predicted molar refractivity (Wildman–Crippen MR) is 89.3 cm³/mol. The summed E-state index contributed by atoms with van der Waals surface area (Å²) >= 11 is 0. The van der Waals surface area contributed by atoms with E-state index in [2.05, 4.69) is 45.0 Å². The molecule has 0 aromatic heterocycles. The molecule has 4 atom stereocenters. The summed E-state index contributed by atoms with van der Waals surface area (Å²) < 4.78 is 5.64. The summed E-state index contributed by atoms with van der Waals surface area (Å²) in [5.74, 6) is 1.49. The molecule has 0 spiro atoms. The standard InChI is InChI=1S/C21H20O2/c1-19-14-10-6-5-8-12(14)17-20(2,21(17,19)3)16-13(18(19)22)9-7-11-15(16)23-4/h5-11,17H,1-4H3/t17-,19+,20+,21+/m1/s1. The fourth-order valence-corrected chi connectivity index (χ4v) is 6.17. The molecule has 1 fully saturated rings. The fourth-order valence-electron chi connectivity index (χ4n) is 6.17. The molecule has 2 nitrogen and oxygen atoms in total. The zero-order chi connectivity index (χ0) is 16.2. The third-order valence-electron chi connectivity index (χ3n) is 7.46. The van der Waals surface area contributed by atoms with E-state index in [1.165, 1.54) is 11.1 Å². The van der Waals surface area contributed by atoms with Crippen LogP contribution >= 0.6 is 0 Å². The van der Waals surface area contributed by atoms with E-state index in [9.17, 15) is 4.79 Å². The normalized spacial score (nSPS) is 38.6. The smallest absolute Gasteiger partial charge is 0.174 e. The maximum Gasteiger partial charge on any atom is 0.174 e. The molecule has 2 heteroatoms. The first kappa shape index (κ1) is 13.4. The van der Waals surface area contributed by atoms with Crippen LogP contribution in [0, 0.1) is 5.41 Å². The molecule has 1 saturated carbocycles. The SMILES string of the molecule is COc1cccc2c1[C@@]1(C)[C@H]3c4ccccc4[C@@](C)(C2=O)[C@]31C.